The average molecular weight is 410 g/mol. The van der Waals surface area contributed by atoms with E-state index < -0.39 is 0 Å². The molecule has 2 aromatic carbocycles. The van der Waals surface area contributed by atoms with Crippen LogP contribution >= 0.6 is 0 Å². The first-order valence-electron chi connectivity index (χ1n) is 11.2. The maximum atomic E-state index is 13.1. The fourth-order valence-corrected chi connectivity index (χ4v) is 4.79. The van der Waals surface area contributed by atoms with Crippen molar-refractivity contribution in [1.29, 1.82) is 0 Å². The zero-order valence-electron chi connectivity index (χ0n) is 17.9. The first-order chi connectivity index (χ1) is 14.6. The molecule has 0 radical (unpaired) electrons. The van der Waals surface area contributed by atoms with Gasteiger partial charge in [-0.05, 0) is 55.5 Å². The average Bonchev–Trinajstić information content (AvgIpc) is 2.79. The summed E-state index contributed by atoms with van der Waals surface area (Å²) in [5.41, 5.74) is 3.70. The Bertz CT molecular complexity index is 846. The monoisotopic (exact) mass is 409 g/mol. The van der Waals surface area contributed by atoms with Crippen molar-refractivity contribution in [2.75, 3.05) is 44.2 Å². The number of para-hydroxylation sites is 1. The van der Waals surface area contributed by atoms with E-state index in [4.69, 9.17) is 0 Å². The highest BCUT2D eigenvalue weighted by Gasteiger charge is 2.30. The van der Waals surface area contributed by atoms with Crippen LogP contribution in [0.15, 0.2) is 48.5 Å². The summed E-state index contributed by atoms with van der Waals surface area (Å²) in [7, 11) is 0. The fourth-order valence-electron chi connectivity index (χ4n) is 4.79. The van der Waals surface area contributed by atoms with E-state index >= 15 is 0 Å². The molecule has 2 aliphatic rings. The fraction of sp³-hybridized carbons (Fsp3) is 0.480. The zero-order valence-corrected chi connectivity index (χ0v) is 17.9. The number of halogens is 1. The number of amides is 1. The lowest BCUT2D eigenvalue weighted by Crippen LogP contribution is -2.56. The van der Waals surface area contributed by atoms with Gasteiger partial charge in [0, 0.05) is 57.4 Å². The molecule has 160 valence electrons. The molecule has 0 unspecified atom stereocenters. The number of likely N-dealkylation sites (tertiary alicyclic amines) is 1. The Morgan fingerprint density at radius 1 is 1.00 bits per heavy atom. The minimum Gasteiger partial charge on any atom is -0.369 e. The van der Waals surface area contributed by atoms with Gasteiger partial charge in [0.15, 0.2) is 0 Å². The van der Waals surface area contributed by atoms with Crippen LogP contribution in [0.1, 0.15) is 30.4 Å². The summed E-state index contributed by atoms with van der Waals surface area (Å²) in [5.74, 6) is -0.00552. The highest BCUT2D eigenvalue weighted by Crippen LogP contribution is 2.23. The van der Waals surface area contributed by atoms with Crippen LogP contribution in [0, 0.1) is 12.7 Å². The molecule has 0 aromatic heterocycles. The number of piperazine rings is 1. The van der Waals surface area contributed by atoms with Crippen molar-refractivity contribution in [2.24, 2.45) is 0 Å². The van der Waals surface area contributed by atoms with E-state index in [-0.39, 0.29) is 11.7 Å². The van der Waals surface area contributed by atoms with E-state index in [1.807, 2.05) is 4.90 Å². The van der Waals surface area contributed by atoms with Gasteiger partial charge in [0.2, 0.25) is 5.91 Å². The predicted molar refractivity (Wildman–Crippen MR) is 119 cm³/mol. The summed E-state index contributed by atoms with van der Waals surface area (Å²) in [4.78, 5) is 19.9. The lowest BCUT2D eigenvalue weighted by molar-refractivity contribution is -0.133. The standard InChI is InChI=1S/C25H32FN3O/c1-20-5-2-3-7-24(20)28-17-15-27(16-18-28)23-6-4-14-29(19-23)25(30)13-10-21-8-11-22(26)12-9-21/h2-3,5,7-9,11-12,23H,4,6,10,13-19H2,1H3/t23-/m1/s1. The van der Waals surface area contributed by atoms with Gasteiger partial charge in [-0.1, -0.05) is 30.3 Å². The number of carbonyl (C=O) groups is 1. The lowest BCUT2D eigenvalue weighted by atomic mass is 10.0. The normalized spacial score (nSPS) is 20.4. The molecule has 0 bridgehead atoms. The first kappa shape index (κ1) is 20.9. The Kier molecular flexibility index (Phi) is 6.68. The Hall–Kier alpha value is -2.40. The molecule has 4 nitrogen and oxygen atoms in total. The maximum absolute atomic E-state index is 13.1. The molecule has 0 spiro atoms. The first-order valence-corrected chi connectivity index (χ1v) is 11.2. The van der Waals surface area contributed by atoms with Crippen LogP contribution in [0.5, 0.6) is 0 Å². The summed E-state index contributed by atoms with van der Waals surface area (Å²) >= 11 is 0. The van der Waals surface area contributed by atoms with Gasteiger partial charge in [0.05, 0.1) is 0 Å². The summed E-state index contributed by atoms with van der Waals surface area (Å²) in [6.07, 6.45) is 3.42. The van der Waals surface area contributed by atoms with E-state index in [0.29, 0.717) is 18.9 Å². The Morgan fingerprint density at radius 3 is 2.47 bits per heavy atom. The van der Waals surface area contributed by atoms with E-state index in [9.17, 15) is 9.18 Å². The maximum Gasteiger partial charge on any atom is 0.222 e. The van der Waals surface area contributed by atoms with Crippen molar-refractivity contribution in [3.63, 3.8) is 0 Å². The summed E-state index contributed by atoms with van der Waals surface area (Å²) in [6.45, 7) is 8.07. The van der Waals surface area contributed by atoms with Crippen molar-refractivity contribution in [1.82, 2.24) is 9.80 Å². The molecular weight excluding hydrogens is 377 g/mol. The molecule has 1 atom stereocenters. The number of rotatable bonds is 5. The Balaban J connectivity index is 1.27. The highest BCUT2D eigenvalue weighted by atomic mass is 19.1. The van der Waals surface area contributed by atoms with E-state index in [2.05, 4.69) is 41.0 Å². The molecule has 0 aliphatic carbocycles. The van der Waals surface area contributed by atoms with Gasteiger partial charge in [0.1, 0.15) is 5.82 Å². The highest BCUT2D eigenvalue weighted by molar-refractivity contribution is 5.76. The van der Waals surface area contributed by atoms with Gasteiger partial charge >= 0.3 is 0 Å². The van der Waals surface area contributed by atoms with E-state index in [1.54, 1.807) is 12.1 Å². The van der Waals surface area contributed by atoms with Crippen LogP contribution in [0.4, 0.5) is 10.1 Å². The molecule has 30 heavy (non-hydrogen) atoms. The molecule has 2 heterocycles. The second kappa shape index (κ2) is 9.61. The van der Waals surface area contributed by atoms with Crippen LogP contribution in [0.3, 0.4) is 0 Å². The third-order valence-corrected chi connectivity index (χ3v) is 6.58. The minimum absolute atomic E-state index is 0.225. The molecule has 4 rings (SSSR count). The smallest absolute Gasteiger partial charge is 0.222 e. The number of aryl methyl sites for hydroxylation is 2. The number of benzene rings is 2. The van der Waals surface area contributed by atoms with Crippen molar-refractivity contribution in [3.05, 3.63) is 65.5 Å². The van der Waals surface area contributed by atoms with Crippen LogP contribution in [-0.4, -0.2) is 61.0 Å². The zero-order chi connectivity index (χ0) is 20.9. The Morgan fingerprint density at radius 2 is 1.73 bits per heavy atom. The number of hydrogen-bond acceptors (Lipinski definition) is 3. The molecule has 5 heteroatoms. The molecule has 0 N–H and O–H groups in total. The van der Waals surface area contributed by atoms with Crippen molar-refractivity contribution < 1.29 is 9.18 Å². The molecule has 2 fully saturated rings. The molecule has 0 saturated carbocycles. The van der Waals surface area contributed by atoms with Gasteiger partial charge in [-0.3, -0.25) is 9.69 Å². The topological polar surface area (TPSA) is 26.8 Å². The Labute approximate surface area is 179 Å². The quantitative estimate of drug-likeness (QED) is 0.750. The number of anilines is 1. The second-order valence-electron chi connectivity index (χ2n) is 8.57. The minimum atomic E-state index is -0.230. The SMILES string of the molecule is Cc1ccccc1N1CCN([C@@H]2CCCN(C(=O)CCc3ccc(F)cc3)C2)CC1. The predicted octanol–water partition coefficient (Wildman–Crippen LogP) is 3.88. The van der Waals surface area contributed by atoms with Crippen molar-refractivity contribution >= 4 is 11.6 Å². The number of piperidine rings is 1. The van der Waals surface area contributed by atoms with Gasteiger partial charge in [0.25, 0.3) is 0 Å². The van der Waals surface area contributed by atoms with Crippen LogP contribution in [0.2, 0.25) is 0 Å². The molecule has 2 saturated heterocycles. The van der Waals surface area contributed by atoms with Crippen LogP contribution in [-0.2, 0) is 11.2 Å². The number of nitrogens with zero attached hydrogens (tertiary/aromatic N) is 3. The lowest BCUT2D eigenvalue weighted by Gasteiger charge is -2.44. The molecular formula is C25H32FN3O. The van der Waals surface area contributed by atoms with E-state index in [0.717, 1.165) is 51.3 Å². The molecule has 2 aliphatic heterocycles. The summed E-state index contributed by atoms with van der Waals surface area (Å²) in [6, 6.07) is 15.5. The van der Waals surface area contributed by atoms with Gasteiger partial charge in [-0.15, -0.1) is 0 Å². The van der Waals surface area contributed by atoms with Crippen LogP contribution < -0.4 is 4.90 Å². The number of carbonyl (C=O) groups excluding carboxylic acids is 1. The van der Waals surface area contributed by atoms with E-state index in [1.165, 1.54) is 29.8 Å². The third-order valence-electron chi connectivity index (χ3n) is 6.58. The van der Waals surface area contributed by atoms with Gasteiger partial charge in [-0.2, -0.15) is 0 Å². The van der Waals surface area contributed by atoms with Gasteiger partial charge < -0.3 is 9.80 Å². The second-order valence-corrected chi connectivity index (χ2v) is 8.57. The molecule has 1 amide bonds. The summed E-state index contributed by atoms with van der Waals surface area (Å²) in [5, 5.41) is 0. The van der Waals surface area contributed by atoms with Crippen LogP contribution in [0.25, 0.3) is 0 Å². The van der Waals surface area contributed by atoms with Gasteiger partial charge in [-0.25, -0.2) is 4.39 Å². The third kappa shape index (κ3) is 5.01. The van der Waals surface area contributed by atoms with Crippen molar-refractivity contribution in [2.45, 2.75) is 38.6 Å². The number of hydrogen-bond donors (Lipinski definition) is 0. The largest absolute Gasteiger partial charge is 0.369 e. The molecule has 2 aromatic rings. The summed E-state index contributed by atoms with van der Waals surface area (Å²) < 4.78 is 13.1. The van der Waals surface area contributed by atoms with Crippen molar-refractivity contribution in [3.8, 4) is 0 Å².